The minimum absolute atomic E-state index is 0.0305. The van der Waals surface area contributed by atoms with Crippen LogP contribution in [0.3, 0.4) is 0 Å². The van der Waals surface area contributed by atoms with Crippen molar-refractivity contribution in [3.8, 4) is 11.5 Å². The molecule has 2 amide bonds. The molecule has 0 aliphatic carbocycles. The number of nitrogens with one attached hydrogen (secondary N) is 2. The van der Waals surface area contributed by atoms with Gasteiger partial charge in [0.15, 0.2) is 11.5 Å². The molecule has 2 aliphatic rings. The predicted molar refractivity (Wildman–Crippen MR) is 103 cm³/mol. The number of benzene rings is 1. The second-order valence-electron chi connectivity index (χ2n) is 7.30. The van der Waals surface area contributed by atoms with Crippen LogP contribution in [0, 0.1) is 0 Å². The minimum Gasteiger partial charge on any atom is -0.486 e. The molecule has 0 saturated carbocycles. The Morgan fingerprint density at radius 2 is 1.93 bits per heavy atom. The highest BCUT2D eigenvalue weighted by Gasteiger charge is 2.27. The van der Waals surface area contributed by atoms with Crippen LogP contribution < -0.4 is 19.5 Å². The number of hydrogen-bond acceptors (Lipinski definition) is 5. The van der Waals surface area contributed by atoms with Gasteiger partial charge in [0.1, 0.15) is 12.7 Å². The van der Waals surface area contributed by atoms with Gasteiger partial charge in [-0.05, 0) is 45.7 Å². The summed E-state index contributed by atoms with van der Waals surface area (Å²) in [5.74, 6) is 1.29. The van der Waals surface area contributed by atoms with Crippen molar-refractivity contribution in [3.63, 3.8) is 0 Å². The number of likely N-dealkylation sites (tertiary alicyclic amines) is 1. The summed E-state index contributed by atoms with van der Waals surface area (Å²) < 4.78 is 38.0. The predicted octanol–water partition coefficient (Wildman–Crippen LogP) is 2.17. The second-order valence-corrected chi connectivity index (χ2v) is 9.57. The maximum absolute atomic E-state index is 12.5. The SMILES string of the molecule is CC1COc2ccc(NC(=O)N3CCC(NS(=O)(=O)C(C)C)CC3)cc2O1. The van der Waals surface area contributed by atoms with Crippen molar-refractivity contribution < 1.29 is 22.7 Å². The van der Waals surface area contributed by atoms with Gasteiger partial charge in [-0.2, -0.15) is 0 Å². The summed E-state index contributed by atoms with van der Waals surface area (Å²) in [7, 11) is -3.29. The number of carbonyl (C=O) groups excluding carboxylic acids is 1. The van der Waals surface area contributed by atoms with Gasteiger partial charge in [0.2, 0.25) is 10.0 Å². The van der Waals surface area contributed by atoms with Gasteiger partial charge in [-0.1, -0.05) is 0 Å². The van der Waals surface area contributed by atoms with E-state index in [0.717, 1.165) is 0 Å². The highest BCUT2D eigenvalue weighted by atomic mass is 32.2. The molecule has 8 nitrogen and oxygen atoms in total. The fourth-order valence-electron chi connectivity index (χ4n) is 3.03. The highest BCUT2D eigenvalue weighted by molar-refractivity contribution is 7.90. The molecule has 0 aromatic heterocycles. The van der Waals surface area contributed by atoms with Crippen LogP contribution in [0.5, 0.6) is 11.5 Å². The molecular formula is C18H27N3O5S. The molecule has 1 saturated heterocycles. The lowest BCUT2D eigenvalue weighted by Gasteiger charge is -2.32. The summed E-state index contributed by atoms with van der Waals surface area (Å²) in [6, 6.07) is 4.98. The van der Waals surface area contributed by atoms with E-state index in [-0.39, 0.29) is 18.2 Å². The van der Waals surface area contributed by atoms with Gasteiger partial charge in [-0.15, -0.1) is 0 Å². The smallest absolute Gasteiger partial charge is 0.321 e. The summed E-state index contributed by atoms with van der Waals surface area (Å²) in [6.07, 6.45) is 1.16. The number of carbonyl (C=O) groups is 1. The Morgan fingerprint density at radius 1 is 1.22 bits per heavy atom. The first-order valence-electron chi connectivity index (χ1n) is 9.25. The van der Waals surface area contributed by atoms with E-state index in [2.05, 4.69) is 10.0 Å². The Morgan fingerprint density at radius 3 is 2.59 bits per heavy atom. The van der Waals surface area contributed by atoms with Crippen LogP contribution in [0.25, 0.3) is 0 Å². The van der Waals surface area contributed by atoms with Gasteiger partial charge in [0, 0.05) is 30.9 Å². The van der Waals surface area contributed by atoms with Gasteiger partial charge in [-0.3, -0.25) is 0 Å². The van der Waals surface area contributed by atoms with E-state index >= 15 is 0 Å². The lowest BCUT2D eigenvalue weighted by molar-refractivity contribution is 0.104. The molecule has 0 spiro atoms. The third-order valence-corrected chi connectivity index (χ3v) is 6.63. The topological polar surface area (TPSA) is 97.0 Å². The first-order chi connectivity index (χ1) is 12.7. The first-order valence-corrected chi connectivity index (χ1v) is 10.8. The van der Waals surface area contributed by atoms with Crippen LogP contribution in [-0.4, -0.2) is 56.4 Å². The molecular weight excluding hydrogens is 370 g/mol. The van der Waals surface area contributed by atoms with Crippen molar-refractivity contribution >= 4 is 21.7 Å². The van der Waals surface area contributed by atoms with Crippen LogP contribution in [-0.2, 0) is 10.0 Å². The Balaban J connectivity index is 1.54. The molecule has 2 aliphatic heterocycles. The molecule has 0 bridgehead atoms. The molecule has 0 radical (unpaired) electrons. The fraction of sp³-hybridized carbons (Fsp3) is 0.611. The summed E-state index contributed by atoms with van der Waals surface area (Å²) >= 11 is 0. The number of ether oxygens (including phenoxy) is 2. The van der Waals surface area contributed by atoms with Crippen molar-refractivity contribution in [1.29, 1.82) is 0 Å². The monoisotopic (exact) mass is 397 g/mol. The number of piperidine rings is 1. The van der Waals surface area contributed by atoms with E-state index in [9.17, 15) is 13.2 Å². The van der Waals surface area contributed by atoms with Gasteiger partial charge >= 0.3 is 6.03 Å². The summed E-state index contributed by atoms with van der Waals surface area (Å²) in [6.45, 7) is 6.73. The average molecular weight is 397 g/mol. The number of urea groups is 1. The average Bonchev–Trinajstić information content (AvgIpc) is 2.61. The number of rotatable bonds is 4. The lowest BCUT2D eigenvalue weighted by Crippen LogP contribution is -2.48. The molecule has 2 heterocycles. The second kappa shape index (κ2) is 7.93. The Kier molecular flexibility index (Phi) is 5.81. The van der Waals surface area contributed by atoms with Crippen LogP contribution >= 0.6 is 0 Å². The van der Waals surface area contributed by atoms with E-state index < -0.39 is 15.3 Å². The largest absolute Gasteiger partial charge is 0.486 e. The zero-order valence-electron chi connectivity index (χ0n) is 15.9. The van der Waals surface area contributed by atoms with Crippen LogP contribution in [0.4, 0.5) is 10.5 Å². The van der Waals surface area contributed by atoms with E-state index in [1.165, 1.54) is 0 Å². The van der Waals surface area contributed by atoms with Crippen molar-refractivity contribution in [2.24, 2.45) is 0 Å². The van der Waals surface area contributed by atoms with E-state index in [1.807, 2.05) is 6.92 Å². The molecule has 27 heavy (non-hydrogen) atoms. The van der Waals surface area contributed by atoms with Gasteiger partial charge in [0.25, 0.3) is 0 Å². The Bertz CT molecular complexity index is 788. The third kappa shape index (κ3) is 4.84. The zero-order chi connectivity index (χ0) is 19.6. The number of amides is 2. The van der Waals surface area contributed by atoms with Gasteiger partial charge in [0.05, 0.1) is 5.25 Å². The number of nitrogens with zero attached hydrogens (tertiary/aromatic N) is 1. The summed E-state index contributed by atoms with van der Waals surface area (Å²) in [5.41, 5.74) is 0.638. The normalized spacial score (nSPS) is 20.6. The van der Waals surface area contributed by atoms with Crippen molar-refractivity contribution in [2.45, 2.75) is 51.0 Å². The van der Waals surface area contributed by atoms with Crippen LogP contribution in [0.1, 0.15) is 33.6 Å². The zero-order valence-corrected chi connectivity index (χ0v) is 16.7. The molecule has 150 valence electrons. The molecule has 1 aromatic carbocycles. The maximum atomic E-state index is 12.5. The number of fused-ring (bicyclic) bond motifs is 1. The van der Waals surface area contributed by atoms with E-state index in [1.54, 1.807) is 36.9 Å². The van der Waals surface area contributed by atoms with Crippen molar-refractivity contribution in [2.75, 3.05) is 25.0 Å². The highest BCUT2D eigenvalue weighted by Crippen LogP contribution is 2.34. The molecule has 9 heteroatoms. The molecule has 1 unspecified atom stereocenters. The fourth-order valence-corrected chi connectivity index (χ4v) is 4.00. The van der Waals surface area contributed by atoms with Gasteiger partial charge in [-0.25, -0.2) is 17.9 Å². The molecule has 3 rings (SSSR count). The summed E-state index contributed by atoms with van der Waals surface area (Å²) in [4.78, 5) is 14.2. The Hall–Kier alpha value is -2.00. The van der Waals surface area contributed by atoms with Gasteiger partial charge < -0.3 is 19.7 Å². The van der Waals surface area contributed by atoms with Crippen molar-refractivity contribution in [3.05, 3.63) is 18.2 Å². The summed E-state index contributed by atoms with van der Waals surface area (Å²) in [5, 5.41) is 2.41. The lowest BCUT2D eigenvalue weighted by atomic mass is 10.1. The van der Waals surface area contributed by atoms with Crippen LogP contribution in [0.2, 0.25) is 0 Å². The third-order valence-electron chi connectivity index (χ3n) is 4.73. The van der Waals surface area contributed by atoms with Crippen molar-refractivity contribution in [1.82, 2.24) is 9.62 Å². The quantitative estimate of drug-likeness (QED) is 0.812. The number of hydrogen-bond donors (Lipinski definition) is 2. The molecule has 1 aromatic rings. The molecule has 2 N–H and O–H groups in total. The Labute approximate surface area is 160 Å². The van der Waals surface area contributed by atoms with E-state index in [4.69, 9.17) is 9.47 Å². The number of anilines is 1. The van der Waals surface area contributed by atoms with Crippen LogP contribution in [0.15, 0.2) is 18.2 Å². The number of sulfonamides is 1. The van der Waals surface area contributed by atoms with E-state index in [0.29, 0.717) is 49.7 Å². The standard InChI is InChI=1S/C18H27N3O5S/c1-12(2)27(23,24)20-14-6-8-21(9-7-14)18(22)19-15-4-5-16-17(10-15)26-13(3)11-25-16/h4-5,10,12-14,20H,6-9,11H2,1-3H3,(H,19,22). The maximum Gasteiger partial charge on any atom is 0.321 e. The molecule has 1 atom stereocenters. The minimum atomic E-state index is -3.29. The molecule has 1 fully saturated rings. The first kappa shape index (κ1) is 19.8.